The molecular formula is C22H24ClFN4O. The van der Waals surface area contributed by atoms with Crippen molar-refractivity contribution in [1.29, 1.82) is 0 Å². The van der Waals surface area contributed by atoms with E-state index in [0.717, 1.165) is 25.7 Å². The van der Waals surface area contributed by atoms with Gasteiger partial charge >= 0.3 is 0 Å². The molecular weight excluding hydrogens is 391 g/mol. The van der Waals surface area contributed by atoms with Crippen LogP contribution >= 0.6 is 11.6 Å². The summed E-state index contributed by atoms with van der Waals surface area (Å²) in [7, 11) is 0. The van der Waals surface area contributed by atoms with E-state index in [2.05, 4.69) is 15.6 Å². The zero-order chi connectivity index (χ0) is 20.6. The summed E-state index contributed by atoms with van der Waals surface area (Å²) in [6, 6.07) is 13.6. The van der Waals surface area contributed by atoms with E-state index in [1.807, 2.05) is 0 Å². The molecule has 1 saturated carbocycles. The van der Waals surface area contributed by atoms with E-state index in [9.17, 15) is 9.18 Å². The number of nitrogens with zero attached hydrogens (tertiary/aromatic N) is 1. The maximum Gasteiger partial charge on any atom is 0.251 e. The predicted molar refractivity (Wildman–Crippen MR) is 116 cm³/mol. The number of nitrogens with one attached hydrogen (secondary N) is 2. The molecule has 1 aliphatic carbocycles. The summed E-state index contributed by atoms with van der Waals surface area (Å²) in [6.07, 6.45) is 6.56. The Morgan fingerprint density at radius 1 is 1.14 bits per heavy atom. The molecule has 0 saturated heterocycles. The minimum absolute atomic E-state index is 0.110. The number of anilines is 1. The Morgan fingerprint density at radius 2 is 1.90 bits per heavy atom. The van der Waals surface area contributed by atoms with E-state index in [1.54, 1.807) is 54.7 Å². The SMILES string of the molecule is NC(C=CNc1ccccc1F)=NC1CCC(NC(=O)c2cccc(Cl)c2)CC1. The van der Waals surface area contributed by atoms with Crippen LogP contribution in [-0.4, -0.2) is 23.8 Å². The van der Waals surface area contributed by atoms with Gasteiger partial charge in [0.2, 0.25) is 0 Å². The molecule has 5 nitrogen and oxygen atoms in total. The van der Waals surface area contributed by atoms with Crippen LogP contribution in [-0.2, 0) is 0 Å². The topological polar surface area (TPSA) is 79.5 Å². The Morgan fingerprint density at radius 3 is 2.62 bits per heavy atom. The van der Waals surface area contributed by atoms with E-state index >= 15 is 0 Å². The van der Waals surface area contributed by atoms with Gasteiger partial charge in [0.15, 0.2) is 0 Å². The molecule has 1 aliphatic rings. The van der Waals surface area contributed by atoms with Crippen molar-refractivity contribution in [2.24, 2.45) is 10.7 Å². The molecule has 0 heterocycles. The fraction of sp³-hybridized carbons (Fsp3) is 0.273. The second kappa shape index (κ2) is 10.1. The Labute approximate surface area is 174 Å². The van der Waals surface area contributed by atoms with Crippen LogP contribution in [0.2, 0.25) is 5.02 Å². The number of aliphatic imine (C=N–C) groups is 1. The molecule has 4 N–H and O–H groups in total. The fourth-order valence-corrected chi connectivity index (χ4v) is 3.49. The number of carbonyl (C=O) groups is 1. The number of para-hydroxylation sites is 1. The summed E-state index contributed by atoms with van der Waals surface area (Å²) in [5, 5.41) is 6.46. The van der Waals surface area contributed by atoms with E-state index in [1.165, 1.54) is 6.07 Å². The number of hydrogen-bond donors (Lipinski definition) is 3. The number of amides is 1. The third kappa shape index (κ3) is 6.32. The number of carbonyl (C=O) groups excluding carboxylic acids is 1. The highest BCUT2D eigenvalue weighted by molar-refractivity contribution is 6.30. The quantitative estimate of drug-likeness (QED) is 0.480. The summed E-state index contributed by atoms with van der Waals surface area (Å²) >= 11 is 5.94. The van der Waals surface area contributed by atoms with Crippen LogP contribution in [0.1, 0.15) is 36.0 Å². The summed E-state index contributed by atoms with van der Waals surface area (Å²) in [5.74, 6) is -0.0489. The smallest absolute Gasteiger partial charge is 0.251 e. The maximum atomic E-state index is 13.5. The van der Waals surface area contributed by atoms with Gasteiger partial charge in [0.25, 0.3) is 5.91 Å². The van der Waals surface area contributed by atoms with Gasteiger partial charge < -0.3 is 16.4 Å². The molecule has 0 unspecified atom stereocenters. The van der Waals surface area contributed by atoms with Crippen molar-refractivity contribution in [1.82, 2.24) is 5.32 Å². The summed E-state index contributed by atoms with van der Waals surface area (Å²) < 4.78 is 13.5. The molecule has 1 amide bonds. The van der Waals surface area contributed by atoms with Crippen LogP contribution in [0.3, 0.4) is 0 Å². The number of hydrogen-bond acceptors (Lipinski definition) is 3. The van der Waals surface area contributed by atoms with Gasteiger partial charge in [-0.05, 0) is 62.1 Å². The lowest BCUT2D eigenvalue weighted by Crippen LogP contribution is -2.38. The van der Waals surface area contributed by atoms with Gasteiger partial charge in [-0.25, -0.2) is 4.39 Å². The molecule has 0 spiro atoms. The summed E-state index contributed by atoms with van der Waals surface area (Å²) in [5.41, 5.74) is 6.91. The first-order valence-electron chi connectivity index (χ1n) is 9.58. The summed E-state index contributed by atoms with van der Waals surface area (Å²) in [4.78, 5) is 16.8. The predicted octanol–water partition coefficient (Wildman–Crippen LogP) is 4.50. The Hall–Kier alpha value is -2.86. The molecule has 1 fully saturated rings. The number of rotatable bonds is 6. The largest absolute Gasteiger partial charge is 0.384 e. The molecule has 0 bridgehead atoms. The van der Waals surface area contributed by atoms with E-state index < -0.39 is 0 Å². The standard InChI is InChI=1S/C22H24ClFN4O/c23-16-5-3-4-15(14-16)22(29)28-18-10-8-17(9-11-18)27-21(25)12-13-26-20-7-2-1-6-19(20)24/h1-7,12-14,17-18,26H,8-11H2,(H2,25,27)(H,28,29). The van der Waals surface area contributed by atoms with Gasteiger partial charge in [-0.2, -0.15) is 0 Å². The molecule has 2 aromatic carbocycles. The van der Waals surface area contributed by atoms with Crippen LogP contribution in [0, 0.1) is 5.82 Å². The molecule has 0 aliphatic heterocycles. The monoisotopic (exact) mass is 414 g/mol. The minimum Gasteiger partial charge on any atom is -0.384 e. The van der Waals surface area contributed by atoms with Gasteiger partial charge in [0.1, 0.15) is 11.7 Å². The molecule has 0 atom stereocenters. The number of halogens is 2. The lowest BCUT2D eigenvalue weighted by atomic mass is 9.91. The molecule has 3 rings (SSSR count). The number of amidine groups is 1. The third-order valence-corrected chi connectivity index (χ3v) is 5.05. The Kier molecular flexibility index (Phi) is 7.25. The van der Waals surface area contributed by atoms with Gasteiger partial charge in [0, 0.05) is 22.8 Å². The lowest BCUT2D eigenvalue weighted by Gasteiger charge is -2.27. The molecule has 29 heavy (non-hydrogen) atoms. The first-order chi connectivity index (χ1) is 14.0. The van der Waals surface area contributed by atoms with Crippen LogP contribution in [0.15, 0.2) is 65.8 Å². The van der Waals surface area contributed by atoms with Crippen LogP contribution in [0.25, 0.3) is 0 Å². The van der Waals surface area contributed by atoms with Crippen LogP contribution in [0.5, 0.6) is 0 Å². The molecule has 0 radical (unpaired) electrons. The van der Waals surface area contributed by atoms with Crippen molar-refractivity contribution < 1.29 is 9.18 Å². The Bertz CT molecular complexity index is 907. The zero-order valence-corrected chi connectivity index (χ0v) is 16.7. The van der Waals surface area contributed by atoms with Gasteiger partial charge in [-0.1, -0.05) is 29.8 Å². The first kappa shape index (κ1) is 20.9. The Balaban J connectivity index is 1.45. The van der Waals surface area contributed by atoms with Gasteiger partial charge in [-0.15, -0.1) is 0 Å². The fourth-order valence-electron chi connectivity index (χ4n) is 3.30. The van der Waals surface area contributed by atoms with Gasteiger partial charge in [-0.3, -0.25) is 9.79 Å². The highest BCUT2D eigenvalue weighted by atomic mass is 35.5. The number of nitrogens with two attached hydrogens (primary N) is 1. The molecule has 2 aromatic rings. The van der Waals surface area contributed by atoms with Crippen molar-refractivity contribution in [3.05, 3.63) is 77.2 Å². The summed E-state index contributed by atoms with van der Waals surface area (Å²) in [6.45, 7) is 0. The average molecular weight is 415 g/mol. The third-order valence-electron chi connectivity index (χ3n) is 4.82. The van der Waals surface area contributed by atoms with Gasteiger partial charge in [0.05, 0.1) is 11.7 Å². The average Bonchev–Trinajstić information content (AvgIpc) is 2.71. The highest BCUT2D eigenvalue weighted by Crippen LogP contribution is 2.22. The van der Waals surface area contributed by atoms with Crippen molar-refractivity contribution in [2.75, 3.05) is 5.32 Å². The zero-order valence-electron chi connectivity index (χ0n) is 15.9. The normalized spacial score (nSPS) is 19.9. The maximum absolute atomic E-state index is 13.5. The molecule has 152 valence electrons. The first-order valence-corrected chi connectivity index (χ1v) is 9.96. The van der Waals surface area contributed by atoms with E-state index in [0.29, 0.717) is 22.1 Å². The molecule has 0 aromatic heterocycles. The number of benzene rings is 2. The minimum atomic E-state index is -0.328. The second-order valence-corrected chi connectivity index (χ2v) is 7.44. The van der Waals surface area contributed by atoms with E-state index in [-0.39, 0.29) is 23.8 Å². The van der Waals surface area contributed by atoms with Crippen LogP contribution < -0.4 is 16.4 Å². The second-order valence-electron chi connectivity index (χ2n) is 7.00. The highest BCUT2D eigenvalue weighted by Gasteiger charge is 2.22. The van der Waals surface area contributed by atoms with Crippen molar-refractivity contribution in [3.63, 3.8) is 0 Å². The lowest BCUT2D eigenvalue weighted by molar-refractivity contribution is 0.0926. The van der Waals surface area contributed by atoms with Crippen LogP contribution in [0.4, 0.5) is 10.1 Å². The van der Waals surface area contributed by atoms with Crippen molar-refractivity contribution in [2.45, 2.75) is 37.8 Å². The van der Waals surface area contributed by atoms with Crippen molar-refractivity contribution in [3.8, 4) is 0 Å². The van der Waals surface area contributed by atoms with E-state index in [4.69, 9.17) is 17.3 Å². The molecule has 7 heteroatoms. The van der Waals surface area contributed by atoms with Crippen molar-refractivity contribution >= 4 is 29.0 Å².